The fourth-order valence-electron chi connectivity index (χ4n) is 1.33. The van der Waals surface area contributed by atoms with Crippen molar-refractivity contribution in [1.82, 2.24) is 0 Å². The van der Waals surface area contributed by atoms with E-state index in [0.29, 0.717) is 5.94 Å². The quantitative estimate of drug-likeness (QED) is 0.422. The number of ether oxygens (including phenoxy) is 1. The summed E-state index contributed by atoms with van der Waals surface area (Å²) >= 11 is 0. The third kappa shape index (κ3) is 5.66. The van der Waals surface area contributed by atoms with E-state index >= 15 is 0 Å². The number of carbonyl (C=O) groups excluding carboxylic acids is 1. The first kappa shape index (κ1) is 21.6. The third-order valence-electron chi connectivity index (χ3n) is 2.48. The highest BCUT2D eigenvalue weighted by Crippen LogP contribution is 2.41. The Morgan fingerprint density at radius 2 is 1.29 bits per heavy atom. The van der Waals surface area contributed by atoms with Crippen molar-refractivity contribution in [3.63, 3.8) is 0 Å². The SMILES string of the molecule is N#CC(C#N)(CCC(F)(F)F)C(=C=O)OC(C(F)(F)F)C(F)(F)F. The summed E-state index contributed by atoms with van der Waals surface area (Å²) in [6, 6.07) is 1.55. The van der Waals surface area contributed by atoms with Crippen LogP contribution in [0.15, 0.2) is 5.76 Å². The van der Waals surface area contributed by atoms with Crippen molar-refractivity contribution in [3.8, 4) is 12.1 Å². The van der Waals surface area contributed by atoms with E-state index < -0.39 is 48.6 Å². The van der Waals surface area contributed by atoms with Crippen molar-refractivity contribution in [2.45, 2.75) is 37.5 Å². The van der Waals surface area contributed by atoms with Crippen LogP contribution in [0.3, 0.4) is 0 Å². The second-order valence-corrected chi connectivity index (χ2v) is 4.26. The zero-order valence-electron chi connectivity index (χ0n) is 11.1. The summed E-state index contributed by atoms with van der Waals surface area (Å²) in [5.74, 6) is -1.74. The van der Waals surface area contributed by atoms with Gasteiger partial charge in [-0.3, -0.25) is 0 Å². The predicted molar refractivity (Wildman–Crippen MR) is 55.1 cm³/mol. The number of alkyl halides is 9. The minimum atomic E-state index is -6.11. The molecule has 0 aliphatic rings. The van der Waals surface area contributed by atoms with Crippen LogP contribution in [0.5, 0.6) is 0 Å². The number of nitrogens with zero attached hydrogens (tertiary/aromatic N) is 2. The first-order chi connectivity index (χ1) is 10.6. The van der Waals surface area contributed by atoms with Gasteiger partial charge in [-0.05, 0) is 6.42 Å². The van der Waals surface area contributed by atoms with Gasteiger partial charge in [-0.2, -0.15) is 50.0 Å². The Morgan fingerprint density at radius 3 is 1.54 bits per heavy atom. The molecule has 0 saturated heterocycles. The molecular weight excluding hydrogens is 363 g/mol. The average molecular weight is 368 g/mol. The molecule has 24 heavy (non-hydrogen) atoms. The van der Waals surface area contributed by atoms with Crippen molar-refractivity contribution in [1.29, 1.82) is 10.5 Å². The summed E-state index contributed by atoms with van der Waals surface area (Å²) in [7, 11) is 0. The first-order valence-corrected chi connectivity index (χ1v) is 5.58. The largest absolute Gasteiger partial charge is 0.461 e. The summed E-state index contributed by atoms with van der Waals surface area (Å²) in [5.41, 5.74) is -3.31. The zero-order chi connectivity index (χ0) is 19.4. The fourth-order valence-corrected chi connectivity index (χ4v) is 1.33. The number of hydrogen-bond donors (Lipinski definition) is 0. The van der Waals surface area contributed by atoms with Crippen LogP contribution in [0.25, 0.3) is 0 Å². The Bertz CT molecular complexity index is 557. The Labute approximate surface area is 127 Å². The van der Waals surface area contributed by atoms with Crippen molar-refractivity contribution in [3.05, 3.63) is 5.76 Å². The third-order valence-corrected chi connectivity index (χ3v) is 2.48. The summed E-state index contributed by atoms with van der Waals surface area (Å²) in [6.45, 7) is 0. The van der Waals surface area contributed by atoms with Crippen LogP contribution in [0, 0.1) is 28.1 Å². The van der Waals surface area contributed by atoms with Gasteiger partial charge in [0.15, 0.2) is 5.94 Å². The Balaban J connectivity index is 5.83. The maximum Gasteiger partial charge on any atom is 0.434 e. The molecule has 0 amide bonds. The summed E-state index contributed by atoms with van der Waals surface area (Å²) in [4.78, 5) is 10.6. The maximum atomic E-state index is 12.3. The number of halogens is 9. The molecule has 0 aromatic carbocycles. The van der Waals surface area contributed by atoms with E-state index in [1.165, 1.54) is 0 Å². The van der Waals surface area contributed by atoms with Gasteiger partial charge in [0.1, 0.15) is 0 Å². The minimum Gasteiger partial charge on any atom is -0.461 e. The zero-order valence-corrected chi connectivity index (χ0v) is 11.1. The van der Waals surface area contributed by atoms with Crippen LogP contribution in [0.4, 0.5) is 39.5 Å². The van der Waals surface area contributed by atoms with E-state index in [-0.39, 0.29) is 0 Å². The van der Waals surface area contributed by atoms with Gasteiger partial charge in [-0.1, -0.05) is 0 Å². The lowest BCUT2D eigenvalue weighted by atomic mass is 9.84. The highest BCUT2D eigenvalue weighted by Gasteiger charge is 2.61. The molecule has 134 valence electrons. The standard InChI is InChI=1S/C11H5F9N2O2/c12-9(13,14)2-1-8(4-21,5-22)6(3-23)24-7(10(15,16)17)11(18,19)20/h7H,1-2H2. The molecule has 0 atom stereocenters. The Kier molecular flexibility index (Phi) is 6.31. The molecule has 0 aromatic rings. The lowest BCUT2D eigenvalue weighted by Gasteiger charge is -2.27. The maximum absolute atomic E-state index is 12.3. The molecule has 0 spiro atoms. The molecule has 4 nitrogen and oxygen atoms in total. The fraction of sp³-hybridized carbons (Fsp3) is 0.636. The van der Waals surface area contributed by atoms with E-state index in [9.17, 15) is 44.3 Å². The monoisotopic (exact) mass is 368 g/mol. The molecule has 0 radical (unpaired) electrons. The van der Waals surface area contributed by atoms with Crippen LogP contribution in [0.1, 0.15) is 12.8 Å². The van der Waals surface area contributed by atoms with E-state index in [2.05, 4.69) is 4.74 Å². The molecule has 0 aliphatic heterocycles. The normalized spacial score (nSPS) is 13.0. The van der Waals surface area contributed by atoms with Crippen LogP contribution < -0.4 is 0 Å². The summed E-state index contributed by atoms with van der Waals surface area (Å²) in [6.07, 6.45) is -25.4. The van der Waals surface area contributed by atoms with E-state index in [1.54, 1.807) is 0 Å². The molecule has 0 fully saturated rings. The van der Waals surface area contributed by atoms with Crippen molar-refractivity contribution in [2.75, 3.05) is 0 Å². The number of rotatable bonds is 5. The van der Waals surface area contributed by atoms with E-state index in [0.717, 1.165) is 12.1 Å². The second-order valence-electron chi connectivity index (χ2n) is 4.26. The number of nitriles is 2. The van der Waals surface area contributed by atoms with Crippen LogP contribution in [0.2, 0.25) is 0 Å². The average Bonchev–Trinajstić information content (AvgIpc) is 2.39. The molecule has 0 bridgehead atoms. The molecule has 0 aromatic heterocycles. The van der Waals surface area contributed by atoms with Gasteiger partial charge in [-0.15, -0.1) is 0 Å². The second kappa shape index (κ2) is 7.01. The topological polar surface area (TPSA) is 73.9 Å². The molecule has 13 heteroatoms. The minimum absolute atomic E-state index is 0.388. The van der Waals surface area contributed by atoms with E-state index in [4.69, 9.17) is 10.5 Å². The predicted octanol–water partition coefficient (Wildman–Crippen LogP) is 3.59. The highest BCUT2D eigenvalue weighted by atomic mass is 19.4. The van der Waals surface area contributed by atoms with Crippen LogP contribution >= 0.6 is 0 Å². The van der Waals surface area contributed by atoms with E-state index in [1.807, 2.05) is 0 Å². The molecule has 0 unspecified atom stereocenters. The molecule has 0 heterocycles. The Hall–Kier alpha value is -2.40. The smallest absolute Gasteiger partial charge is 0.434 e. The molecule has 0 saturated carbocycles. The van der Waals surface area contributed by atoms with Crippen molar-refractivity contribution < 1.29 is 49.0 Å². The van der Waals surface area contributed by atoms with Gasteiger partial charge in [0.25, 0.3) is 6.10 Å². The molecule has 0 N–H and O–H groups in total. The van der Waals surface area contributed by atoms with Crippen molar-refractivity contribution >= 4 is 5.94 Å². The summed E-state index contributed by atoms with van der Waals surface area (Å²) < 4.78 is 114. The number of allylic oxidation sites excluding steroid dienone is 1. The molecule has 0 aliphatic carbocycles. The van der Waals surface area contributed by atoms with Gasteiger partial charge in [-0.25, -0.2) is 4.79 Å². The van der Waals surface area contributed by atoms with Crippen molar-refractivity contribution in [2.24, 2.45) is 5.41 Å². The lowest BCUT2D eigenvalue weighted by molar-refractivity contribution is -0.314. The van der Waals surface area contributed by atoms with Gasteiger partial charge in [0.05, 0.1) is 12.1 Å². The lowest BCUT2D eigenvalue weighted by Crippen LogP contribution is -2.45. The van der Waals surface area contributed by atoms with Gasteiger partial charge < -0.3 is 4.74 Å². The van der Waals surface area contributed by atoms with Gasteiger partial charge in [0.2, 0.25) is 11.2 Å². The summed E-state index contributed by atoms with van der Waals surface area (Å²) in [5, 5.41) is 17.4. The molecule has 0 rings (SSSR count). The highest BCUT2D eigenvalue weighted by molar-refractivity contribution is 5.56. The number of hydrogen-bond acceptors (Lipinski definition) is 4. The van der Waals surface area contributed by atoms with Gasteiger partial charge in [0, 0.05) is 6.42 Å². The van der Waals surface area contributed by atoms with Crippen LogP contribution in [-0.4, -0.2) is 30.6 Å². The first-order valence-electron chi connectivity index (χ1n) is 5.58. The molecular formula is C11H5F9N2O2. The Morgan fingerprint density at radius 1 is 0.875 bits per heavy atom. The van der Waals surface area contributed by atoms with Crippen LogP contribution in [-0.2, 0) is 9.53 Å². The van der Waals surface area contributed by atoms with Gasteiger partial charge >= 0.3 is 18.5 Å².